The van der Waals surface area contributed by atoms with Gasteiger partial charge in [-0.05, 0) is 12.1 Å². The van der Waals surface area contributed by atoms with Gasteiger partial charge in [-0.3, -0.25) is 4.98 Å². The number of H-pyrrole nitrogens is 1. The van der Waals surface area contributed by atoms with Crippen molar-refractivity contribution >= 4 is 22.7 Å². The summed E-state index contributed by atoms with van der Waals surface area (Å²) >= 11 is 1.67. The zero-order chi connectivity index (χ0) is 15.5. The van der Waals surface area contributed by atoms with Crippen molar-refractivity contribution in [2.75, 3.05) is 5.75 Å². The van der Waals surface area contributed by atoms with Crippen LogP contribution < -0.4 is 0 Å². The van der Waals surface area contributed by atoms with E-state index < -0.39 is 0 Å². The number of pyridine rings is 1. The molecular formula is C16H14N6S. The SMILES string of the molecule is c1ccc2c(-c3nccn3CCSc3cn[nH]n3)ccnc2c1. The van der Waals surface area contributed by atoms with Crippen molar-refractivity contribution in [2.45, 2.75) is 11.6 Å². The molecule has 0 saturated heterocycles. The minimum Gasteiger partial charge on any atom is -0.330 e. The Labute approximate surface area is 137 Å². The van der Waals surface area contributed by atoms with E-state index in [1.165, 1.54) is 0 Å². The lowest BCUT2D eigenvalue weighted by molar-refractivity contribution is 0.779. The first-order chi connectivity index (χ1) is 11.4. The smallest absolute Gasteiger partial charge is 0.140 e. The average Bonchev–Trinajstić information content (AvgIpc) is 3.26. The molecular weight excluding hydrogens is 308 g/mol. The third-order valence-corrected chi connectivity index (χ3v) is 4.46. The molecule has 0 unspecified atom stereocenters. The lowest BCUT2D eigenvalue weighted by Crippen LogP contribution is -2.02. The van der Waals surface area contributed by atoms with Gasteiger partial charge in [0.05, 0.1) is 11.7 Å². The first-order valence-corrected chi connectivity index (χ1v) is 8.24. The highest BCUT2D eigenvalue weighted by Crippen LogP contribution is 2.26. The Hall–Kier alpha value is -2.67. The molecule has 0 bridgehead atoms. The van der Waals surface area contributed by atoms with E-state index in [1.807, 2.05) is 42.9 Å². The predicted octanol–water partition coefficient (Wildman–Crippen LogP) is 3.01. The molecule has 4 aromatic rings. The van der Waals surface area contributed by atoms with Gasteiger partial charge in [-0.25, -0.2) is 4.98 Å². The zero-order valence-electron chi connectivity index (χ0n) is 12.3. The van der Waals surface area contributed by atoms with Gasteiger partial charge in [0, 0.05) is 41.8 Å². The number of para-hydroxylation sites is 1. The van der Waals surface area contributed by atoms with Gasteiger partial charge in [-0.15, -0.1) is 16.9 Å². The first-order valence-electron chi connectivity index (χ1n) is 7.25. The zero-order valence-corrected chi connectivity index (χ0v) is 13.1. The van der Waals surface area contributed by atoms with Crippen LogP contribution in [-0.4, -0.2) is 35.7 Å². The summed E-state index contributed by atoms with van der Waals surface area (Å²) in [6.07, 6.45) is 7.41. The third-order valence-electron chi connectivity index (χ3n) is 3.58. The van der Waals surface area contributed by atoms with E-state index in [2.05, 4.69) is 36.0 Å². The van der Waals surface area contributed by atoms with Crippen LogP contribution >= 0.6 is 11.8 Å². The fraction of sp³-hybridized carbons (Fsp3) is 0.125. The summed E-state index contributed by atoms with van der Waals surface area (Å²) in [5.74, 6) is 1.86. The maximum Gasteiger partial charge on any atom is 0.140 e. The second-order valence-electron chi connectivity index (χ2n) is 4.98. The van der Waals surface area contributed by atoms with Crippen molar-refractivity contribution in [2.24, 2.45) is 0 Å². The standard InChI is InChI=1S/C16H14N6S/c1-2-4-14-12(3-1)13(5-6-17-14)16-18-7-8-22(16)9-10-23-15-11-19-21-20-15/h1-8,11H,9-10H2,(H,19,20,21). The van der Waals surface area contributed by atoms with Crippen molar-refractivity contribution in [1.29, 1.82) is 0 Å². The molecule has 0 saturated carbocycles. The number of fused-ring (bicyclic) bond motifs is 1. The summed E-state index contributed by atoms with van der Waals surface area (Å²) in [5, 5.41) is 12.5. The van der Waals surface area contributed by atoms with Crippen LogP contribution in [0.1, 0.15) is 0 Å². The molecule has 0 aliphatic heterocycles. The Kier molecular flexibility index (Phi) is 3.77. The molecule has 114 valence electrons. The Morgan fingerprint density at radius 2 is 2.04 bits per heavy atom. The fourth-order valence-corrected chi connectivity index (χ4v) is 3.26. The van der Waals surface area contributed by atoms with Crippen molar-refractivity contribution in [3.05, 3.63) is 55.1 Å². The van der Waals surface area contributed by atoms with Crippen molar-refractivity contribution < 1.29 is 0 Å². The van der Waals surface area contributed by atoms with Gasteiger partial charge in [0.2, 0.25) is 0 Å². The van der Waals surface area contributed by atoms with E-state index in [0.717, 1.165) is 39.6 Å². The van der Waals surface area contributed by atoms with Crippen LogP contribution in [-0.2, 0) is 6.54 Å². The maximum absolute atomic E-state index is 4.54. The number of aromatic nitrogens is 6. The number of imidazole rings is 1. The highest BCUT2D eigenvalue weighted by Gasteiger charge is 2.10. The Morgan fingerprint density at radius 3 is 2.96 bits per heavy atom. The van der Waals surface area contributed by atoms with E-state index in [0.29, 0.717) is 0 Å². The van der Waals surface area contributed by atoms with Gasteiger partial charge in [0.15, 0.2) is 0 Å². The molecule has 0 atom stereocenters. The normalized spacial score (nSPS) is 11.1. The van der Waals surface area contributed by atoms with Crippen LogP contribution in [0.4, 0.5) is 0 Å². The quantitative estimate of drug-likeness (QED) is 0.572. The number of aryl methyl sites for hydroxylation is 1. The topological polar surface area (TPSA) is 72.3 Å². The van der Waals surface area contributed by atoms with Crippen LogP contribution in [0.3, 0.4) is 0 Å². The summed E-state index contributed by atoms with van der Waals surface area (Å²) in [4.78, 5) is 8.96. The molecule has 6 nitrogen and oxygen atoms in total. The van der Waals surface area contributed by atoms with Gasteiger partial charge in [-0.2, -0.15) is 10.3 Å². The summed E-state index contributed by atoms with van der Waals surface area (Å²) in [5.41, 5.74) is 2.09. The van der Waals surface area contributed by atoms with Crippen molar-refractivity contribution in [1.82, 2.24) is 29.9 Å². The van der Waals surface area contributed by atoms with Crippen LogP contribution in [0.5, 0.6) is 0 Å². The molecule has 23 heavy (non-hydrogen) atoms. The molecule has 0 radical (unpaired) electrons. The Balaban J connectivity index is 1.61. The van der Waals surface area contributed by atoms with Crippen LogP contribution in [0.25, 0.3) is 22.3 Å². The first kappa shape index (κ1) is 14.0. The van der Waals surface area contributed by atoms with Gasteiger partial charge >= 0.3 is 0 Å². The molecule has 7 heteroatoms. The molecule has 3 heterocycles. The van der Waals surface area contributed by atoms with E-state index in [4.69, 9.17) is 0 Å². The Morgan fingerprint density at radius 1 is 1.09 bits per heavy atom. The summed E-state index contributed by atoms with van der Waals surface area (Å²) in [7, 11) is 0. The number of hydrogen-bond donors (Lipinski definition) is 1. The number of nitrogens with one attached hydrogen (secondary N) is 1. The molecule has 0 fully saturated rings. The maximum atomic E-state index is 4.54. The number of nitrogens with zero attached hydrogens (tertiary/aromatic N) is 5. The van der Waals surface area contributed by atoms with Gasteiger partial charge < -0.3 is 4.57 Å². The molecule has 0 aliphatic rings. The minimum absolute atomic E-state index is 0.851. The predicted molar refractivity (Wildman–Crippen MR) is 90.1 cm³/mol. The number of thioether (sulfide) groups is 1. The monoisotopic (exact) mass is 322 g/mol. The summed E-state index contributed by atoms with van der Waals surface area (Å²) in [6, 6.07) is 10.2. The minimum atomic E-state index is 0.851. The lowest BCUT2D eigenvalue weighted by Gasteiger charge is -2.09. The third kappa shape index (κ3) is 2.83. The molecule has 1 N–H and O–H groups in total. The number of hydrogen-bond acceptors (Lipinski definition) is 5. The molecule has 0 spiro atoms. The van der Waals surface area contributed by atoms with E-state index in [1.54, 1.807) is 18.0 Å². The van der Waals surface area contributed by atoms with E-state index >= 15 is 0 Å². The molecule has 0 amide bonds. The highest BCUT2D eigenvalue weighted by atomic mass is 32.2. The summed E-state index contributed by atoms with van der Waals surface area (Å²) < 4.78 is 2.16. The lowest BCUT2D eigenvalue weighted by atomic mass is 10.1. The van der Waals surface area contributed by atoms with Crippen molar-refractivity contribution in [3.8, 4) is 11.4 Å². The molecule has 3 aromatic heterocycles. The second-order valence-corrected chi connectivity index (χ2v) is 6.09. The van der Waals surface area contributed by atoms with Gasteiger partial charge in [0.25, 0.3) is 0 Å². The average molecular weight is 322 g/mol. The molecule has 4 rings (SSSR count). The molecule has 1 aromatic carbocycles. The summed E-state index contributed by atoms with van der Waals surface area (Å²) in [6.45, 7) is 0.851. The fourth-order valence-electron chi connectivity index (χ4n) is 2.53. The number of rotatable bonds is 5. The Bertz CT molecular complexity index is 910. The highest BCUT2D eigenvalue weighted by molar-refractivity contribution is 7.99. The van der Waals surface area contributed by atoms with Gasteiger partial charge in [-0.1, -0.05) is 18.2 Å². The van der Waals surface area contributed by atoms with E-state index in [9.17, 15) is 0 Å². The van der Waals surface area contributed by atoms with Gasteiger partial charge in [0.1, 0.15) is 10.9 Å². The largest absolute Gasteiger partial charge is 0.330 e. The van der Waals surface area contributed by atoms with Crippen LogP contribution in [0.2, 0.25) is 0 Å². The number of aromatic amines is 1. The molecule has 0 aliphatic carbocycles. The van der Waals surface area contributed by atoms with Crippen molar-refractivity contribution in [3.63, 3.8) is 0 Å². The van der Waals surface area contributed by atoms with E-state index in [-0.39, 0.29) is 0 Å². The second kappa shape index (κ2) is 6.21. The number of benzene rings is 1. The van der Waals surface area contributed by atoms with Crippen LogP contribution in [0, 0.1) is 0 Å². The van der Waals surface area contributed by atoms with Crippen LogP contribution in [0.15, 0.2) is 60.1 Å².